The van der Waals surface area contributed by atoms with Crippen molar-refractivity contribution in [2.45, 2.75) is 76.5 Å². The highest BCUT2D eigenvalue weighted by molar-refractivity contribution is 7.66. The van der Waals surface area contributed by atoms with E-state index in [0.29, 0.717) is 37.8 Å². The molecular weight excluding hydrogens is 647 g/mol. The maximum Gasteiger partial charge on any atom is 0.490 e. The molecule has 0 bridgehead atoms. The van der Waals surface area contributed by atoms with Gasteiger partial charge in [0, 0.05) is 25.2 Å². The minimum Gasteiger partial charge on any atom is -0.370 e. The fourth-order valence-corrected chi connectivity index (χ4v) is 8.11. The second-order valence-corrected chi connectivity index (χ2v) is 15.2. The van der Waals surface area contributed by atoms with E-state index in [4.69, 9.17) is 20.3 Å². The van der Waals surface area contributed by atoms with E-state index in [0.717, 1.165) is 51.4 Å². The van der Waals surface area contributed by atoms with Crippen molar-refractivity contribution in [1.82, 2.24) is 14.9 Å². The van der Waals surface area contributed by atoms with Gasteiger partial charge < -0.3 is 40.7 Å². The Kier molecular flexibility index (Phi) is 14.2. The van der Waals surface area contributed by atoms with Crippen LogP contribution in [0.15, 0.2) is 17.1 Å². The average molecular weight is 690 g/mol. The fourth-order valence-electron chi connectivity index (χ4n) is 5.06. The average Bonchev–Trinajstić information content (AvgIpc) is 3.40. The van der Waals surface area contributed by atoms with Gasteiger partial charge in [-0.15, -0.1) is 0 Å². The second kappa shape index (κ2) is 16.9. The van der Waals surface area contributed by atoms with Crippen LogP contribution < -0.4 is 22.1 Å². The highest BCUT2D eigenvalue weighted by atomic mass is 31.3. The third-order valence-electron chi connectivity index (χ3n) is 7.32. The molecule has 252 valence electrons. The van der Waals surface area contributed by atoms with Crippen LogP contribution in [0.3, 0.4) is 0 Å². The molecule has 1 saturated heterocycles. The van der Waals surface area contributed by atoms with Crippen molar-refractivity contribution < 1.29 is 55.9 Å². The summed E-state index contributed by atoms with van der Waals surface area (Å²) in [5, 5.41) is 6.14. The summed E-state index contributed by atoms with van der Waals surface area (Å²) >= 11 is 0. The second-order valence-electron chi connectivity index (χ2n) is 10.8. The Hall–Kier alpha value is -1.52. The topological polar surface area (TPSA) is 271 Å². The normalized spacial score (nSPS) is 25.2. The van der Waals surface area contributed by atoms with Crippen molar-refractivity contribution in [2.75, 3.05) is 31.6 Å². The maximum atomic E-state index is 12.5. The predicted octanol–water partition coefficient (Wildman–Crippen LogP) is 2.12. The first-order valence-corrected chi connectivity index (χ1v) is 18.9. The largest absolute Gasteiger partial charge is 0.490 e. The number of phosphoric ester groups is 1. The number of carbonyl (C=O) groups excluding carboxylic acids is 1. The fraction of sp³-hybridized carbons (Fsp3) is 0.783. The number of ether oxygens (including phenoxy) is 1. The van der Waals surface area contributed by atoms with Gasteiger partial charge in [-0.05, 0) is 69.9 Å². The van der Waals surface area contributed by atoms with E-state index < -0.39 is 48.1 Å². The van der Waals surface area contributed by atoms with Crippen LogP contribution in [0.4, 0.5) is 5.82 Å². The van der Waals surface area contributed by atoms with Crippen LogP contribution >= 0.6 is 23.5 Å². The molecule has 0 radical (unpaired) electrons. The van der Waals surface area contributed by atoms with E-state index >= 15 is 0 Å². The first kappa shape index (κ1) is 36.9. The molecule has 1 saturated carbocycles. The van der Waals surface area contributed by atoms with Crippen LogP contribution in [0.2, 0.25) is 0 Å². The van der Waals surface area contributed by atoms with Crippen molar-refractivity contribution in [3.63, 3.8) is 0 Å². The molecule has 2 heterocycles. The van der Waals surface area contributed by atoms with E-state index in [1.165, 1.54) is 10.8 Å². The monoisotopic (exact) mass is 689 g/mol. The zero-order valence-corrected chi connectivity index (χ0v) is 26.8. The molecule has 1 amide bonds. The van der Waals surface area contributed by atoms with Gasteiger partial charge in [0.05, 0.1) is 12.7 Å². The number of aromatic nitrogens is 2. The van der Waals surface area contributed by atoms with Crippen LogP contribution in [-0.4, -0.2) is 67.4 Å². The molecule has 2 aliphatic rings. The molecular formula is C23H42N5O13P3. The molecule has 44 heavy (non-hydrogen) atoms. The zero-order chi connectivity index (χ0) is 32.4. The SMILES string of the molecule is NCC1CCC(C(=O)NCCCCCCNc2ccn([C@H]3CC[C@@H](COP(=O)(O)OP(=O)(O)OP(=O)(O)O)O3)c(=O)n2)CC1. The van der Waals surface area contributed by atoms with E-state index in [2.05, 4.69) is 28.8 Å². The summed E-state index contributed by atoms with van der Waals surface area (Å²) in [6.45, 7) is 1.37. The van der Waals surface area contributed by atoms with Crippen LogP contribution in [0, 0.1) is 11.8 Å². The molecule has 18 nitrogen and oxygen atoms in total. The van der Waals surface area contributed by atoms with Crippen LogP contribution in [0.5, 0.6) is 0 Å². The van der Waals surface area contributed by atoms with E-state index in [9.17, 15) is 33.1 Å². The Morgan fingerprint density at radius 1 is 0.977 bits per heavy atom. The number of rotatable bonds is 18. The van der Waals surface area contributed by atoms with Gasteiger partial charge in [-0.2, -0.15) is 13.6 Å². The number of unbranched alkanes of at least 4 members (excludes halogenated alkanes) is 3. The molecule has 0 spiro atoms. The summed E-state index contributed by atoms with van der Waals surface area (Å²) in [6.07, 6.45) is 8.06. The highest BCUT2D eigenvalue weighted by Gasteiger charge is 2.41. The zero-order valence-electron chi connectivity index (χ0n) is 24.1. The standard InChI is InChI=1S/C23H42N5O13P3/c24-15-17-5-7-18(8-6-17)22(29)26-13-4-2-1-3-12-25-20-11-14-28(23(30)27-20)21-10-9-19(39-21)16-38-43(34,35)41-44(36,37)40-42(31,32)33/h11,14,17-19,21H,1-10,12-13,15-16,24H2,(H,26,29)(H,34,35)(H,36,37)(H,25,27,30)(H2,31,32,33)/t17?,18?,19-,21+/m0/s1. The third kappa shape index (κ3) is 13.1. The summed E-state index contributed by atoms with van der Waals surface area (Å²) in [7, 11) is -16.4. The van der Waals surface area contributed by atoms with Gasteiger partial charge in [0.2, 0.25) is 5.91 Å². The molecule has 1 aliphatic heterocycles. The number of hydrogen-bond donors (Lipinski definition) is 7. The molecule has 21 heteroatoms. The summed E-state index contributed by atoms with van der Waals surface area (Å²) in [5.74, 6) is 1.19. The first-order chi connectivity index (χ1) is 20.7. The molecule has 1 aromatic heterocycles. The lowest BCUT2D eigenvalue weighted by Gasteiger charge is -2.26. The van der Waals surface area contributed by atoms with Crippen molar-refractivity contribution in [3.8, 4) is 0 Å². The van der Waals surface area contributed by atoms with E-state index in [1.54, 1.807) is 6.07 Å². The minimum atomic E-state index is -5.61. The molecule has 2 fully saturated rings. The van der Waals surface area contributed by atoms with Gasteiger partial charge in [-0.1, -0.05) is 12.8 Å². The van der Waals surface area contributed by atoms with Crippen molar-refractivity contribution in [3.05, 3.63) is 22.7 Å². The Morgan fingerprint density at radius 3 is 2.30 bits per heavy atom. The summed E-state index contributed by atoms with van der Waals surface area (Å²) in [5.41, 5.74) is 5.13. The number of amides is 1. The lowest BCUT2D eigenvalue weighted by atomic mass is 9.81. The number of carbonyl (C=O) groups is 1. The van der Waals surface area contributed by atoms with Crippen LogP contribution in [-0.2, 0) is 36.4 Å². The van der Waals surface area contributed by atoms with Gasteiger partial charge in [0.25, 0.3) is 0 Å². The van der Waals surface area contributed by atoms with E-state index in [1.807, 2.05) is 0 Å². The van der Waals surface area contributed by atoms with Crippen molar-refractivity contribution >= 4 is 35.2 Å². The number of hydrogen-bond acceptors (Lipinski definition) is 12. The molecule has 4 atom stereocenters. The van der Waals surface area contributed by atoms with Crippen molar-refractivity contribution in [1.29, 1.82) is 0 Å². The summed E-state index contributed by atoms with van der Waals surface area (Å²) in [6, 6.07) is 1.61. The number of anilines is 1. The Bertz CT molecular complexity index is 1290. The molecule has 1 aliphatic carbocycles. The van der Waals surface area contributed by atoms with Gasteiger partial charge in [0.1, 0.15) is 12.0 Å². The molecule has 3 rings (SSSR count). The number of nitrogens with one attached hydrogen (secondary N) is 2. The Labute approximate surface area is 254 Å². The predicted molar refractivity (Wildman–Crippen MR) is 156 cm³/mol. The van der Waals surface area contributed by atoms with Gasteiger partial charge in [0.15, 0.2) is 0 Å². The van der Waals surface area contributed by atoms with E-state index in [-0.39, 0.29) is 18.2 Å². The van der Waals surface area contributed by atoms with Gasteiger partial charge in [-0.3, -0.25) is 13.9 Å². The van der Waals surface area contributed by atoms with Gasteiger partial charge in [-0.25, -0.2) is 18.5 Å². The number of nitrogens with zero attached hydrogens (tertiary/aromatic N) is 2. The molecule has 0 aromatic carbocycles. The number of phosphoric acid groups is 3. The number of nitrogens with two attached hydrogens (primary N) is 1. The third-order valence-corrected chi connectivity index (χ3v) is 11.1. The smallest absolute Gasteiger partial charge is 0.370 e. The minimum absolute atomic E-state index is 0.102. The molecule has 8 N–H and O–H groups in total. The lowest BCUT2D eigenvalue weighted by molar-refractivity contribution is -0.126. The summed E-state index contributed by atoms with van der Waals surface area (Å²) in [4.78, 5) is 64.8. The maximum absolute atomic E-state index is 12.5. The quantitative estimate of drug-likeness (QED) is 0.0859. The molecule has 1 aromatic rings. The lowest BCUT2D eigenvalue weighted by Crippen LogP contribution is -2.34. The van der Waals surface area contributed by atoms with Crippen LogP contribution in [0.1, 0.15) is 70.4 Å². The first-order valence-electron chi connectivity index (χ1n) is 14.4. The van der Waals surface area contributed by atoms with Crippen LogP contribution in [0.25, 0.3) is 0 Å². The van der Waals surface area contributed by atoms with Crippen molar-refractivity contribution in [2.24, 2.45) is 17.6 Å². The molecule has 2 unspecified atom stereocenters. The highest BCUT2D eigenvalue weighted by Crippen LogP contribution is 2.66. The Balaban J connectivity index is 1.30. The Morgan fingerprint density at radius 2 is 1.66 bits per heavy atom. The van der Waals surface area contributed by atoms with Gasteiger partial charge >= 0.3 is 29.2 Å². The summed E-state index contributed by atoms with van der Waals surface area (Å²) < 4.78 is 52.8.